The molecule has 5 heteroatoms. The molecule has 0 aromatic rings. The zero-order chi connectivity index (χ0) is 18.5. The molecule has 3 aliphatic heterocycles. The third-order valence-corrected chi connectivity index (χ3v) is 8.03. The van der Waals surface area contributed by atoms with E-state index in [1.54, 1.807) is 0 Å². The number of hydrogen-bond donors (Lipinski definition) is 1. The topological polar surface area (TPSA) is 39.2 Å². The van der Waals surface area contributed by atoms with Crippen molar-refractivity contribution >= 4 is 0 Å². The van der Waals surface area contributed by atoms with Crippen LogP contribution in [0.25, 0.3) is 0 Å². The molecule has 0 bridgehead atoms. The van der Waals surface area contributed by atoms with Crippen molar-refractivity contribution in [2.24, 2.45) is 17.3 Å². The molecule has 0 aromatic carbocycles. The van der Waals surface area contributed by atoms with E-state index in [-0.39, 0.29) is 0 Å². The van der Waals surface area contributed by atoms with E-state index >= 15 is 0 Å². The Bertz CT molecular complexity index is 441. The number of aliphatic hydroxyl groups excluding tert-OH is 1. The van der Waals surface area contributed by atoms with E-state index < -0.39 is 0 Å². The summed E-state index contributed by atoms with van der Waals surface area (Å²) in [5, 5.41) is 10.1. The van der Waals surface area contributed by atoms with Gasteiger partial charge in [0.1, 0.15) is 0 Å². The highest BCUT2D eigenvalue weighted by molar-refractivity contribution is 4.99. The minimum Gasteiger partial charge on any atom is -0.396 e. The summed E-state index contributed by atoms with van der Waals surface area (Å²) in [6.45, 7) is 12.8. The molecule has 1 aliphatic carbocycles. The van der Waals surface area contributed by atoms with Gasteiger partial charge in [-0.2, -0.15) is 0 Å². The molecule has 4 fully saturated rings. The number of piperidine rings is 1. The first-order chi connectivity index (χ1) is 13.3. The van der Waals surface area contributed by atoms with Gasteiger partial charge in [0.25, 0.3) is 0 Å². The lowest BCUT2D eigenvalue weighted by molar-refractivity contribution is 0.0318. The van der Waals surface area contributed by atoms with Gasteiger partial charge in [0.2, 0.25) is 0 Å². The summed E-state index contributed by atoms with van der Waals surface area (Å²) in [4.78, 5) is 7.93. The van der Waals surface area contributed by atoms with Crippen LogP contribution in [0.4, 0.5) is 0 Å². The van der Waals surface area contributed by atoms with Gasteiger partial charge in [-0.05, 0) is 50.1 Å². The van der Waals surface area contributed by atoms with Crippen molar-refractivity contribution in [3.8, 4) is 0 Å². The third kappa shape index (κ3) is 5.05. The number of nitrogens with zero attached hydrogens (tertiary/aromatic N) is 3. The highest BCUT2D eigenvalue weighted by Crippen LogP contribution is 2.44. The Kier molecular flexibility index (Phi) is 7.09. The lowest BCUT2D eigenvalue weighted by atomic mass is 9.71. The van der Waals surface area contributed by atoms with Crippen LogP contribution in [0.3, 0.4) is 0 Å². The molecule has 27 heavy (non-hydrogen) atoms. The van der Waals surface area contributed by atoms with E-state index in [0.29, 0.717) is 17.9 Å². The fourth-order valence-corrected chi connectivity index (χ4v) is 6.16. The zero-order valence-corrected chi connectivity index (χ0v) is 17.3. The lowest BCUT2D eigenvalue weighted by Crippen LogP contribution is -2.46. The second kappa shape index (κ2) is 9.53. The van der Waals surface area contributed by atoms with Crippen LogP contribution in [0.5, 0.6) is 0 Å². The van der Waals surface area contributed by atoms with E-state index in [0.717, 1.165) is 51.9 Å². The summed E-state index contributed by atoms with van der Waals surface area (Å²) in [6, 6.07) is 0. The quantitative estimate of drug-likeness (QED) is 0.763. The number of ether oxygens (including phenoxy) is 1. The molecular formula is C22H41N3O2. The van der Waals surface area contributed by atoms with E-state index in [4.69, 9.17) is 4.74 Å². The summed E-state index contributed by atoms with van der Waals surface area (Å²) in [5.41, 5.74) is 0.378. The molecule has 4 rings (SSSR count). The largest absolute Gasteiger partial charge is 0.396 e. The molecule has 0 amide bonds. The first-order valence-electron chi connectivity index (χ1n) is 11.6. The van der Waals surface area contributed by atoms with Gasteiger partial charge in [-0.15, -0.1) is 0 Å². The van der Waals surface area contributed by atoms with Crippen LogP contribution in [0.15, 0.2) is 0 Å². The molecule has 1 N–H and O–H groups in total. The molecule has 0 aromatic heterocycles. The Morgan fingerprint density at radius 3 is 2.26 bits per heavy atom. The Morgan fingerprint density at radius 2 is 1.56 bits per heavy atom. The van der Waals surface area contributed by atoms with Gasteiger partial charge < -0.3 is 19.6 Å². The maximum atomic E-state index is 10.1. The predicted octanol–water partition coefficient (Wildman–Crippen LogP) is 1.91. The Labute approximate surface area is 166 Å². The molecule has 1 atom stereocenters. The van der Waals surface area contributed by atoms with Gasteiger partial charge in [-0.25, -0.2) is 0 Å². The lowest BCUT2D eigenvalue weighted by Gasteiger charge is -2.43. The fraction of sp³-hybridized carbons (Fsp3) is 1.00. The number of aliphatic hydroxyl groups is 1. The van der Waals surface area contributed by atoms with Crippen molar-refractivity contribution in [2.75, 3.05) is 78.7 Å². The molecule has 4 aliphatic rings. The van der Waals surface area contributed by atoms with Crippen LogP contribution in [-0.2, 0) is 4.74 Å². The van der Waals surface area contributed by atoms with Crippen molar-refractivity contribution in [1.82, 2.24) is 14.7 Å². The summed E-state index contributed by atoms with van der Waals surface area (Å²) < 4.78 is 5.47. The summed E-state index contributed by atoms with van der Waals surface area (Å²) >= 11 is 0. The van der Waals surface area contributed by atoms with Crippen LogP contribution in [-0.4, -0.2) is 98.5 Å². The van der Waals surface area contributed by atoms with E-state index in [1.807, 2.05) is 0 Å². The Balaban J connectivity index is 1.24. The van der Waals surface area contributed by atoms with Crippen molar-refractivity contribution in [3.05, 3.63) is 0 Å². The smallest absolute Gasteiger partial charge is 0.0594 e. The molecule has 3 heterocycles. The molecule has 156 valence electrons. The predicted molar refractivity (Wildman–Crippen MR) is 109 cm³/mol. The number of rotatable bonds is 6. The first-order valence-corrected chi connectivity index (χ1v) is 11.6. The average Bonchev–Trinajstić information content (AvgIpc) is 3.07. The van der Waals surface area contributed by atoms with Crippen LogP contribution in [0.2, 0.25) is 0 Å². The van der Waals surface area contributed by atoms with Gasteiger partial charge in [-0.3, -0.25) is 4.90 Å². The highest BCUT2D eigenvalue weighted by Gasteiger charge is 2.47. The monoisotopic (exact) mass is 379 g/mol. The van der Waals surface area contributed by atoms with Gasteiger partial charge in [0, 0.05) is 58.3 Å². The normalized spacial score (nSPS) is 31.7. The summed E-state index contributed by atoms with van der Waals surface area (Å²) in [6.07, 6.45) is 9.85. The zero-order valence-electron chi connectivity index (χ0n) is 17.3. The Morgan fingerprint density at radius 1 is 0.852 bits per heavy atom. The number of hydrogen-bond acceptors (Lipinski definition) is 5. The van der Waals surface area contributed by atoms with E-state index in [1.165, 1.54) is 71.1 Å². The van der Waals surface area contributed by atoms with E-state index in [2.05, 4.69) is 14.7 Å². The fourth-order valence-electron chi connectivity index (χ4n) is 6.16. The van der Waals surface area contributed by atoms with Crippen molar-refractivity contribution < 1.29 is 9.84 Å². The molecule has 1 unspecified atom stereocenters. The van der Waals surface area contributed by atoms with Crippen LogP contribution < -0.4 is 0 Å². The van der Waals surface area contributed by atoms with Gasteiger partial charge in [-0.1, -0.05) is 19.3 Å². The maximum absolute atomic E-state index is 10.1. The molecule has 1 saturated carbocycles. The minimum atomic E-state index is 0.372. The Hall–Kier alpha value is -0.200. The second-order valence-corrected chi connectivity index (χ2v) is 9.74. The molecular weight excluding hydrogens is 338 g/mol. The second-order valence-electron chi connectivity index (χ2n) is 9.74. The summed E-state index contributed by atoms with van der Waals surface area (Å²) in [7, 11) is 0. The molecule has 1 spiro atoms. The average molecular weight is 380 g/mol. The van der Waals surface area contributed by atoms with Crippen LogP contribution in [0, 0.1) is 17.3 Å². The molecule has 0 radical (unpaired) electrons. The van der Waals surface area contributed by atoms with Crippen LogP contribution >= 0.6 is 0 Å². The van der Waals surface area contributed by atoms with Crippen molar-refractivity contribution in [3.63, 3.8) is 0 Å². The molecule has 3 saturated heterocycles. The van der Waals surface area contributed by atoms with Gasteiger partial charge in [0.15, 0.2) is 0 Å². The maximum Gasteiger partial charge on any atom is 0.0594 e. The number of likely N-dealkylation sites (tertiary alicyclic amines) is 2. The number of morpholine rings is 1. The molecule has 5 nitrogen and oxygen atoms in total. The van der Waals surface area contributed by atoms with Crippen molar-refractivity contribution in [2.45, 2.75) is 44.9 Å². The first kappa shape index (κ1) is 20.1. The highest BCUT2D eigenvalue weighted by atomic mass is 16.5. The van der Waals surface area contributed by atoms with Crippen molar-refractivity contribution in [1.29, 1.82) is 0 Å². The van der Waals surface area contributed by atoms with Crippen LogP contribution in [0.1, 0.15) is 44.9 Å². The standard InChI is InChI=1S/C22H41N3O2/c26-18-21-17-25(11-10-23-12-14-27-15-13-23)19-22(21)6-8-24(9-7-22)16-20-4-2-1-3-5-20/h20-21,26H,1-19H2. The van der Waals surface area contributed by atoms with Gasteiger partial charge >= 0.3 is 0 Å². The van der Waals surface area contributed by atoms with E-state index in [9.17, 15) is 5.11 Å². The summed E-state index contributed by atoms with van der Waals surface area (Å²) in [5.74, 6) is 1.44. The third-order valence-electron chi connectivity index (χ3n) is 8.03. The SMILES string of the molecule is OCC1CN(CCN2CCOCC2)CC12CCN(CC1CCCCC1)CC2. The van der Waals surface area contributed by atoms with Gasteiger partial charge in [0.05, 0.1) is 13.2 Å². The minimum absolute atomic E-state index is 0.372.